The summed E-state index contributed by atoms with van der Waals surface area (Å²) in [5, 5.41) is 13.5. The minimum atomic E-state index is 0.278. The minimum absolute atomic E-state index is 0.278. The first-order valence-electron chi connectivity index (χ1n) is 5.97. The first-order valence-corrected chi connectivity index (χ1v) is 6.76. The van der Waals surface area contributed by atoms with Gasteiger partial charge in [-0.15, -0.1) is 0 Å². The van der Waals surface area contributed by atoms with Gasteiger partial charge in [-0.05, 0) is 65.8 Å². The van der Waals surface area contributed by atoms with Crippen LogP contribution >= 0.6 is 15.9 Å². The lowest BCUT2D eigenvalue weighted by Crippen LogP contribution is -2.28. The van der Waals surface area contributed by atoms with Crippen LogP contribution in [0.3, 0.4) is 0 Å². The number of aromatic hydroxyl groups is 1. The molecule has 0 amide bonds. The van der Waals surface area contributed by atoms with Crippen molar-refractivity contribution >= 4 is 15.9 Å². The van der Waals surface area contributed by atoms with Gasteiger partial charge in [0.25, 0.3) is 0 Å². The van der Waals surface area contributed by atoms with Crippen molar-refractivity contribution in [2.45, 2.75) is 19.3 Å². The van der Waals surface area contributed by atoms with Gasteiger partial charge in [0, 0.05) is 0 Å². The number of phenols is 1. The van der Waals surface area contributed by atoms with Gasteiger partial charge in [-0.3, -0.25) is 0 Å². The molecule has 0 unspecified atom stereocenters. The lowest BCUT2D eigenvalue weighted by atomic mass is 9.90. The fraction of sp³-hybridized carbons (Fsp3) is 0.538. The largest absolute Gasteiger partial charge is 0.504 e. The van der Waals surface area contributed by atoms with Crippen LogP contribution in [0.1, 0.15) is 18.4 Å². The number of phenolic OH excluding ortho intramolecular Hbond substituents is 1. The molecular formula is C13H18BrNO2. The highest BCUT2D eigenvalue weighted by Crippen LogP contribution is 2.38. The Bertz CT molecular complexity index is 389. The number of hydrogen-bond acceptors (Lipinski definition) is 3. The van der Waals surface area contributed by atoms with Crippen molar-refractivity contribution in [2.75, 3.05) is 20.2 Å². The van der Waals surface area contributed by atoms with Crippen molar-refractivity contribution in [3.05, 3.63) is 22.2 Å². The molecule has 0 atom stereocenters. The molecule has 94 valence electrons. The van der Waals surface area contributed by atoms with Crippen LogP contribution in [-0.2, 0) is 6.42 Å². The molecule has 1 aromatic carbocycles. The number of nitrogens with one attached hydrogen (secondary N) is 1. The van der Waals surface area contributed by atoms with Gasteiger partial charge in [-0.2, -0.15) is 0 Å². The number of rotatable bonds is 3. The second-order valence-electron chi connectivity index (χ2n) is 4.49. The Hall–Kier alpha value is -0.740. The predicted molar refractivity (Wildman–Crippen MR) is 71.7 cm³/mol. The molecule has 1 fully saturated rings. The molecule has 1 aromatic rings. The quantitative estimate of drug-likeness (QED) is 0.902. The SMILES string of the molecule is COc1c(Br)ccc(CC2CCNCC2)c1O. The van der Waals surface area contributed by atoms with Crippen molar-refractivity contribution in [2.24, 2.45) is 5.92 Å². The Kier molecular flexibility index (Phi) is 4.29. The van der Waals surface area contributed by atoms with E-state index in [1.165, 1.54) is 12.8 Å². The molecule has 1 aliphatic rings. The van der Waals surface area contributed by atoms with E-state index in [0.717, 1.165) is 29.5 Å². The fourth-order valence-electron chi connectivity index (χ4n) is 2.34. The van der Waals surface area contributed by atoms with E-state index in [-0.39, 0.29) is 5.75 Å². The van der Waals surface area contributed by atoms with Crippen molar-refractivity contribution < 1.29 is 9.84 Å². The van der Waals surface area contributed by atoms with E-state index in [0.29, 0.717) is 11.7 Å². The molecule has 1 saturated heterocycles. The van der Waals surface area contributed by atoms with Crippen LogP contribution in [0.15, 0.2) is 16.6 Å². The first kappa shape index (κ1) is 12.7. The molecule has 2 N–H and O–H groups in total. The minimum Gasteiger partial charge on any atom is -0.504 e. The van der Waals surface area contributed by atoms with E-state index >= 15 is 0 Å². The average molecular weight is 300 g/mol. The number of benzene rings is 1. The molecule has 0 bridgehead atoms. The molecule has 17 heavy (non-hydrogen) atoms. The highest BCUT2D eigenvalue weighted by molar-refractivity contribution is 9.10. The van der Waals surface area contributed by atoms with Crippen LogP contribution in [0.5, 0.6) is 11.5 Å². The van der Waals surface area contributed by atoms with E-state index in [2.05, 4.69) is 21.2 Å². The van der Waals surface area contributed by atoms with Crippen LogP contribution in [0.4, 0.5) is 0 Å². The monoisotopic (exact) mass is 299 g/mol. The first-order chi connectivity index (χ1) is 8.22. The summed E-state index contributed by atoms with van der Waals surface area (Å²) in [5.41, 5.74) is 0.983. The van der Waals surface area contributed by atoms with Crippen molar-refractivity contribution in [1.82, 2.24) is 5.32 Å². The van der Waals surface area contributed by atoms with Gasteiger partial charge in [0.1, 0.15) is 0 Å². The third-order valence-electron chi connectivity index (χ3n) is 3.34. The Morgan fingerprint density at radius 2 is 2.12 bits per heavy atom. The Balaban J connectivity index is 2.15. The predicted octanol–water partition coefficient (Wildman–Crippen LogP) is 2.71. The standard InChI is InChI=1S/C13H18BrNO2/c1-17-13-11(14)3-2-10(12(13)16)8-9-4-6-15-7-5-9/h2-3,9,15-16H,4-8H2,1H3. The number of halogens is 1. The van der Waals surface area contributed by atoms with Crippen LogP contribution in [0, 0.1) is 5.92 Å². The maximum Gasteiger partial charge on any atom is 0.174 e. The topological polar surface area (TPSA) is 41.5 Å². The molecular weight excluding hydrogens is 282 g/mol. The molecule has 0 aliphatic carbocycles. The lowest BCUT2D eigenvalue weighted by molar-refractivity contribution is 0.351. The summed E-state index contributed by atoms with van der Waals surface area (Å²) in [6.07, 6.45) is 3.28. The maximum atomic E-state index is 10.1. The fourth-order valence-corrected chi connectivity index (χ4v) is 2.82. The van der Waals surface area contributed by atoms with E-state index in [1.807, 2.05) is 12.1 Å². The third kappa shape index (κ3) is 2.93. The molecule has 0 radical (unpaired) electrons. The average Bonchev–Trinajstić information content (AvgIpc) is 2.35. The van der Waals surface area contributed by atoms with Gasteiger partial charge >= 0.3 is 0 Å². The lowest BCUT2D eigenvalue weighted by Gasteiger charge is -2.23. The van der Waals surface area contributed by atoms with Crippen LogP contribution in [0.2, 0.25) is 0 Å². The van der Waals surface area contributed by atoms with E-state index in [4.69, 9.17) is 4.74 Å². The number of piperidine rings is 1. The van der Waals surface area contributed by atoms with Crippen molar-refractivity contribution in [3.8, 4) is 11.5 Å². The van der Waals surface area contributed by atoms with Gasteiger partial charge in [-0.1, -0.05) is 6.07 Å². The Morgan fingerprint density at radius 3 is 2.76 bits per heavy atom. The van der Waals surface area contributed by atoms with Crippen LogP contribution in [-0.4, -0.2) is 25.3 Å². The molecule has 0 saturated carbocycles. The van der Waals surface area contributed by atoms with E-state index in [1.54, 1.807) is 7.11 Å². The Labute approximate surface area is 110 Å². The summed E-state index contributed by atoms with van der Waals surface area (Å²) in [7, 11) is 1.58. The van der Waals surface area contributed by atoms with Gasteiger partial charge in [0.15, 0.2) is 11.5 Å². The summed E-state index contributed by atoms with van der Waals surface area (Å²) in [5.74, 6) is 1.48. The summed E-state index contributed by atoms with van der Waals surface area (Å²) in [4.78, 5) is 0. The Morgan fingerprint density at radius 1 is 1.41 bits per heavy atom. The zero-order valence-corrected chi connectivity index (χ0v) is 11.6. The van der Waals surface area contributed by atoms with E-state index < -0.39 is 0 Å². The molecule has 2 rings (SSSR count). The molecule has 1 heterocycles. The summed E-state index contributed by atoms with van der Waals surface area (Å²) in [6.45, 7) is 2.16. The second kappa shape index (κ2) is 5.74. The zero-order chi connectivity index (χ0) is 12.3. The smallest absolute Gasteiger partial charge is 0.174 e. The van der Waals surface area contributed by atoms with Crippen LogP contribution in [0.25, 0.3) is 0 Å². The number of ether oxygens (including phenoxy) is 1. The summed E-state index contributed by atoms with van der Waals surface area (Å²) in [6, 6.07) is 3.92. The van der Waals surface area contributed by atoms with Crippen LogP contribution < -0.4 is 10.1 Å². The van der Waals surface area contributed by atoms with Gasteiger partial charge in [-0.25, -0.2) is 0 Å². The third-order valence-corrected chi connectivity index (χ3v) is 3.96. The van der Waals surface area contributed by atoms with Crippen molar-refractivity contribution in [1.29, 1.82) is 0 Å². The number of methoxy groups -OCH3 is 1. The van der Waals surface area contributed by atoms with Gasteiger partial charge in [0.2, 0.25) is 0 Å². The molecule has 1 aliphatic heterocycles. The van der Waals surface area contributed by atoms with Crippen molar-refractivity contribution in [3.63, 3.8) is 0 Å². The second-order valence-corrected chi connectivity index (χ2v) is 5.34. The summed E-state index contributed by atoms with van der Waals surface area (Å²) < 4.78 is 5.99. The van der Waals surface area contributed by atoms with E-state index in [9.17, 15) is 5.11 Å². The molecule has 0 spiro atoms. The summed E-state index contributed by atoms with van der Waals surface area (Å²) >= 11 is 3.37. The molecule has 3 nitrogen and oxygen atoms in total. The molecule has 0 aromatic heterocycles. The highest BCUT2D eigenvalue weighted by Gasteiger charge is 2.18. The number of hydrogen-bond donors (Lipinski definition) is 2. The zero-order valence-electron chi connectivity index (χ0n) is 10.0. The molecule has 4 heteroatoms. The normalized spacial score (nSPS) is 17.1. The van der Waals surface area contributed by atoms with Gasteiger partial charge < -0.3 is 15.2 Å². The maximum absolute atomic E-state index is 10.1. The van der Waals surface area contributed by atoms with Gasteiger partial charge in [0.05, 0.1) is 11.6 Å². The highest BCUT2D eigenvalue weighted by atomic mass is 79.9.